The molecule has 0 saturated carbocycles. The molecule has 2 aromatic carbocycles. The summed E-state index contributed by atoms with van der Waals surface area (Å²) in [5.41, 5.74) is 1.06. The zero-order valence-corrected chi connectivity index (χ0v) is 17.9. The van der Waals surface area contributed by atoms with Crippen LogP contribution in [0.25, 0.3) is 6.08 Å². The number of rotatable bonds is 8. The summed E-state index contributed by atoms with van der Waals surface area (Å²) < 4.78 is 15.7. The van der Waals surface area contributed by atoms with Gasteiger partial charge in [0.25, 0.3) is 0 Å². The summed E-state index contributed by atoms with van der Waals surface area (Å²) in [5.74, 6) is -1.78. The van der Waals surface area contributed by atoms with E-state index in [0.29, 0.717) is 11.1 Å². The Hall–Kier alpha value is -3.19. The summed E-state index contributed by atoms with van der Waals surface area (Å²) in [6.45, 7) is -0.547. The minimum Gasteiger partial charge on any atom is -0.504 e. The second-order valence-electron chi connectivity index (χ2n) is 7.62. The lowest BCUT2D eigenvalue weighted by Crippen LogP contribution is -2.59. The lowest BCUT2D eigenvalue weighted by molar-refractivity contribution is -0.300. The molecule has 1 aliphatic heterocycles. The lowest BCUT2D eigenvalue weighted by Gasteiger charge is -2.39. The van der Waals surface area contributed by atoms with Gasteiger partial charge in [-0.3, -0.25) is 0 Å². The number of phenols is 3. The van der Waals surface area contributed by atoms with E-state index in [1.165, 1.54) is 36.4 Å². The third-order valence-electron chi connectivity index (χ3n) is 5.17. The number of aliphatic hydroxyl groups excluding tert-OH is 4. The van der Waals surface area contributed by atoms with Gasteiger partial charge in [-0.1, -0.05) is 12.1 Å². The number of esters is 1. The van der Waals surface area contributed by atoms with Crippen LogP contribution in [-0.4, -0.2) is 85.6 Å². The van der Waals surface area contributed by atoms with Gasteiger partial charge in [-0.05, 0) is 47.9 Å². The number of hydrogen-bond acceptors (Lipinski definition) is 11. The van der Waals surface area contributed by atoms with Crippen molar-refractivity contribution in [2.75, 3.05) is 13.2 Å². The van der Waals surface area contributed by atoms with Crippen molar-refractivity contribution >= 4 is 12.0 Å². The van der Waals surface area contributed by atoms with Gasteiger partial charge in [-0.2, -0.15) is 0 Å². The van der Waals surface area contributed by atoms with Crippen LogP contribution in [0.1, 0.15) is 11.1 Å². The Kier molecular flexibility index (Phi) is 8.45. The van der Waals surface area contributed by atoms with Gasteiger partial charge in [0.15, 0.2) is 29.3 Å². The minimum absolute atomic E-state index is 0.0173. The van der Waals surface area contributed by atoms with E-state index in [1.54, 1.807) is 6.07 Å². The topological polar surface area (TPSA) is 186 Å². The molecule has 34 heavy (non-hydrogen) atoms. The predicted octanol–water partition coefficient (Wildman–Crippen LogP) is -0.219. The molecule has 11 heteroatoms. The van der Waals surface area contributed by atoms with Gasteiger partial charge in [-0.15, -0.1) is 0 Å². The van der Waals surface area contributed by atoms with E-state index >= 15 is 0 Å². The molecule has 5 unspecified atom stereocenters. The molecule has 184 valence electrons. The maximum Gasteiger partial charge on any atom is 0.336 e. The van der Waals surface area contributed by atoms with Crippen LogP contribution in [-0.2, 0) is 20.7 Å². The molecule has 0 radical (unpaired) electrons. The molecule has 2 aromatic rings. The Morgan fingerprint density at radius 1 is 0.941 bits per heavy atom. The molecule has 0 aromatic heterocycles. The zero-order valence-electron chi connectivity index (χ0n) is 17.9. The predicted molar refractivity (Wildman–Crippen MR) is 116 cm³/mol. The number of phenolic OH excluding ortho intramolecular Hbond substituents is 3. The molecule has 0 spiro atoms. The summed E-state index contributed by atoms with van der Waals surface area (Å²) in [4.78, 5) is 12.0. The summed E-state index contributed by atoms with van der Waals surface area (Å²) >= 11 is 0. The van der Waals surface area contributed by atoms with Gasteiger partial charge in [0.2, 0.25) is 0 Å². The molecule has 3 rings (SSSR count). The maximum absolute atomic E-state index is 12.0. The molecule has 1 saturated heterocycles. The molecule has 1 aliphatic rings. The van der Waals surface area contributed by atoms with E-state index in [4.69, 9.17) is 14.2 Å². The monoisotopic (exact) mass is 478 g/mol. The zero-order chi connectivity index (χ0) is 24.8. The van der Waals surface area contributed by atoms with Crippen molar-refractivity contribution in [3.63, 3.8) is 0 Å². The van der Waals surface area contributed by atoms with Crippen molar-refractivity contribution in [2.45, 2.75) is 37.1 Å². The molecular weight excluding hydrogens is 452 g/mol. The van der Waals surface area contributed by atoms with Crippen molar-refractivity contribution in [3.05, 3.63) is 53.6 Å². The average molecular weight is 478 g/mol. The lowest BCUT2D eigenvalue weighted by atomic mass is 9.99. The van der Waals surface area contributed by atoms with Crippen molar-refractivity contribution in [1.82, 2.24) is 0 Å². The first-order chi connectivity index (χ1) is 16.2. The average Bonchev–Trinajstić information content (AvgIpc) is 2.81. The Bertz CT molecular complexity index is 1020. The van der Waals surface area contributed by atoms with Crippen molar-refractivity contribution in [2.24, 2.45) is 0 Å². The van der Waals surface area contributed by atoms with Gasteiger partial charge >= 0.3 is 5.97 Å². The number of hydrogen-bond donors (Lipinski definition) is 7. The van der Waals surface area contributed by atoms with Crippen LogP contribution in [0.15, 0.2) is 42.5 Å². The van der Waals surface area contributed by atoms with Crippen LogP contribution < -0.4 is 4.74 Å². The second kappa shape index (κ2) is 11.3. The van der Waals surface area contributed by atoms with E-state index in [2.05, 4.69) is 0 Å². The van der Waals surface area contributed by atoms with E-state index < -0.39 is 43.3 Å². The SMILES string of the molecule is O=C(C=Cc1ccc(O)c(O)c1)Oc1ccc(CCOC2OC(CO)C(O)C(O)C2O)cc1O. The van der Waals surface area contributed by atoms with E-state index in [9.17, 15) is 40.5 Å². The van der Waals surface area contributed by atoms with Gasteiger partial charge < -0.3 is 50.0 Å². The second-order valence-corrected chi connectivity index (χ2v) is 7.62. The maximum atomic E-state index is 12.0. The first-order valence-electron chi connectivity index (χ1n) is 10.4. The molecule has 7 N–H and O–H groups in total. The van der Waals surface area contributed by atoms with Gasteiger partial charge in [0.1, 0.15) is 24.4 Å². The highest BCUT2D eigenvalue weighted by Gasteiger charge is 2.43. The highest BCUT2D eigenvalue weighted by Crippen LogP contribution is 2.28. The fourth-order valence-electron chi connectivity index (χ4n) is 3.25. The Morgan fingerprint density at radius 2 is 1.71 bits per heavy atom. The molecule has 1 heterocycles. The third kappa shape index (κ3) is 6.23. The van der Waals surface area contributed by atoms with Gasteiger partial charge in [0.05, 0.1) is 13.2 Å². The third-order valence-corrected chi connectivity index (χ3v) is 5.17. The van der Waals surface area contributed by atoms with Gasteiger partial charge in [0, 0.05) is 6.08 Å². The summed E-state index contributed by atoms with van der Waals surface area (Å²) in [6.07, 6.45) is -4.14. The highest BCUT2D eigenvalue weighted by molar-refractivity contribution is 5.89. The standard InChI is InChI=1S/C23H26O11/c24-11-18-20(29)21(30)22(31)23(34-18)32-8-7-13-2-5-17(16(27)10-13)33-19(28)6-3-12-1-4-14(25)15(26)9-12/h1-6,9-10,18,20-27,29-31H,7-8,11H2. The number of aromatic hydroxyl groups is 3. The van der Waals surface area contributed by atoms with Crippen molar-refractivity contribution < 1.29 is 54.8 Å². The molecule has 5 atom stereocenters. The summed E-state index contributed by atoms with van der Waals surface area (Å²) in [6, 6.07) is 8.35. The van der Waals surface area contributed by atoms with Crippen LogP contribution in [0, 0.1) is 0 Å². The number of ether oxygens (including phenoxy) is 3. The Balaban J connectivity index is 1.52. The number of benzene rings is 2. The van der Waals surface area contributed by atoms with Gasteiger partial charge in [-0.25, -0.2) is 4.79 Å². The van der Waals surface area contributed by atoms with Crippen molar-refractivity contribution in [3.8, 4) is 23.0 Å². The largest absolute Gasteiger partial charge is 0.504 e. The summed E-state index contributed by atoms with van der Waals surface area (Å²) in [5, 5.41) is 67.6. The summed E-state index contributed by atoms with van der Waals surface area (Å²) in [7, 11) is 0. The van der Waals surface area contributed by atoms with Crippen molar-refractivity contribution in [1.29, 1.82) is 0 Å². The number of carbonyl (C=O) groups excluding carboxylic acids is 1. The fraction of sp³-hybridized carbons (Fsp3) is 0.348. The van der Waals surface area contributed by atoms with E-state index in [1.807, 2.05) is 0 Å². The molecule has 0 aliphatic carbocycles. The number of carbonyl (C=O) groups is 1. The van der Waals surface area contributed by atoms with Crippen LogP contribution in [0.4, 0.5) is 0 Å². The smallest absolute Gasteiger partial charge is 0.336 e. The van der Waals surface area contributed by atoms with Crippen LogP contribution in [0.5, 0.6) is 23.0 Å². The van der Waals surface area contributed by atoms with Crippen LogP contribution in [0.3, 0.4) is 0 Å². The van der Waals surface area contributed by atoms with Crippen LogP contribution in [0.2, 0.25) is 0 Å². The minimum atomic E-state index is -1.54. The Labute approximate surface area is 194 Å². The van der Waals surface area contributed by atoms with E-state index in [-0.39, 0.29) is 36.0 Å². The molecule has 1 fully saturated rings. The Morgan fingerprint density at radius 3 is 2.38 bits per heavy atom. The quantitative estimate of drug-likeness (QED) is 0.115. The first kappa shape index (κ1) is 25.4. The molecule has 11 nitrogen and oxygen atoms in total. The first-order valence-corrected chi connectivity index (χ1v) is 10.4. The highest BCUT2D eigenvalue weighted by atomic mass is 16.7. The fourth-order valence-corrected chi connectivity index (χ4v) is 3.25. The van der Waals surface area contributed by atoms with E-state index in [0.717, 1.165) is 6.08 Å². The van der Waals surface area contributed by atoms with Crippen LogP contribution >= 0.6 is 0 Å². The normalized spacial score (nSPS) is 24.9. The molecule has 0 amide bonds. The number of aliphatic hydroxyl groups is 4. The molecular formula is C23H26O11. The molecule has 0 bridgehead atoms.